The van der Waals surface area contributed by atoms with Crippen LogP contribution in [0.15, 0.2) is 67.0 Å². The predicted molar refractivity (Wildman–Crippen MR) is 108 cm³/mol. The van der Waals surface area contributed by atoms with Gasteiger partial charge in [0.05, 0.1) is 0 Å². The van der Waals surface area contributed by atoms with E-state index in [1.807, 2.05) is 30.3 Å². The van der Waals surface area contributed by atoms with Crippen LogP contribution < -0.4 is 10.6 Å². The largest absolute Gasteiger partial charge is 0.354 e. The van der Waals surface area contributed by atoms with Crippen molar-refractivity contribution in [3.63, 3.8) is 0 Å². The number of nitrogens with one attached hydrogen (secondary N) is 2. The number of hydrogen-bond donors (Lipinski definition) is 2. The standard InChI is InChI=1S/C21H20N6/c1-15-7-9-17(10-8-15)25-20-18-19(23-14-13-22-18)26-21(27-20)24-12-11-16-5-3-2-4-6-16/h2-10,13-14H,11-12H2,1H3,(H2,23,24,25,26,27). The summed E-state index contributed by atoms with van der Waals surface area (Å²) in [7, 11) is 0. The maximum absolute atomic E-state index is 4.61. The lowest BCUT2D eigenvalue weighted by Crippen LogP contribution is -2.10. The summed E-state index contributed by atoms with van der Waals surface area (Å²) in [6, 6.07) is 18.5. The van der Waals surface area contributed by atoms with Gasteiger partial charge in [-0.25, -0.2) is 9.97 Å². The lowest BCUT2D eigenvalue weighted by molar-refractivity contribution is 0.987. The first kappa shape index (κ1) is 16.9. The highest BCUT2D eigenvalue weighted by molar-refractivity contribution is 5.85. The van der Waals surface area contributed by atoms with Crippen LogP contribution in [0.3, 0.4) is 0 Å². The van der Waals surface area contributed by atoms with Crippen LogP contribution in [0.4, 0.5) is 17.5 Å². The Balaban J connectivity index is 1.57. The molecule has 6 heteroatoms. The number of hydrogen-bond acceptors (Lipinski definition) is 6. The third-order valence-electron chi connectivity index (χ3n) is 4.19. The van der Waals surface area contributed by atoms with Gasteiger partial charge in [-0.2, -0.15) is 9.97 Å². The molecule has 0 aliphatic rings. The Bertz CT molecular complexity index is 1030. The summed E-state index contributed by atoms with van der Waals surface area (Å²) in [4.78, 5) is 17.8. The Morgan fingerprint density at radius 2 is 1.63 bits per heavy atom. The number of nitrogens with zero attached hydrogens (tertiary/aromatic N) is 4. The third-order valence-corrected chi connectivity index (χ3v) is 4.19. The highest BCUT2D eigenvalue weighted by Crippen LogP contribution is 2.22. The van der Waals surface area contributed by atoms with Gasteiger partial charge in [0.15, 0.2) is 17.0 Å². The first-order valence-electron chi connectivity index (χ1n) is 8.88. The molecule has 0 radical (unpaired) electrons. The van der Waals surface area contributed by atoms with Gasteiger partial charge in [0.2, 0.25) is 5.95 Å². The normalized spacial score (nSPS) is 10.7. The molecule has 0 saturated heterocycles. The molecule has 0 bridgehead atoms. The molecular weight excluding hydrogens is 336 g/mol. The number of aromatic nitrogens is 4. The minimum absolute atomic E-state index is 0.536. The molecule has 0 aliphatic heterocycles. The molecule has 0 aliphatic carbocycles. The summed E-state index contributed by atoms with van der Waals surface area (Å²) in [5, 5.41) is 6.62. The van der Waals surface area contributed by atoms with Crippen LogP contribution in [0.25, 0.3) is 11.2 Å². The number of fused-ring (bicyclic) bond motifs is 1. The molecule has 134 valence electrons. The number of anilines is 3. The molecule has 4 aromatic rings. The van der Waals surface area contributed by atoms with Crippen LogP contribution in [0.5, 0.6) is 0 Å². The van der Waals surface area contributed by atoms with Gasteiger partial charge < -0.3 is 10.6 Å². The summed E-state index contributed by atoms with van der Waals surface area (Å²) < 4.78 is 0. The zero-order valence-corrected chi connectivity index (χ0v) is 15.1. The van der Waals surface area contributed by atoms with Crippen molar-refractivity contribution >= 4 is 28.6 Å². The molecule has 2 heterocycles. The molecular formula is C21H20N6. The molecule has 2 N–H and O–H groups in total. The van der Waals surface area contributed by atoms with Gasteiger partial charge in [-0.15, -0.1) is 0 Å². The maximum Gasteiger partial charge on any atom is 0.226 e. The van der Waals surface area contributed by atoms with Crippen molar-refractivity contribution in [2.24, 2.45) is 0 Å². The average Bonchev–Trinajstić information content (AvgIpc) is 2.71. The fourth-order valence-corrected chi connectivity index (χ4v) is 2.77. The molecule has 2 aromatic heterocycles. The van der Waals surface area contributed by atoms with Gasteiger partial charge in [0, 0.05) is 24.6 Å². The molecule has 6 nitrogen and oxygen atoms in total. The van der Waals surface area contributed by atoms with E-state index in [1.165, 1.54) is 11.1 Å². The minimum Gasteiger partial charge on any atom is -0.354 e. The Hall–Kier alpha value is -3.54. The van der Waals surface area contributed by atoms with E-state index in [0.717, 1.165) is 18.7 Å². The van der Waals surface area contributed by atoms with Crippen LogP contribution in [-0.2, 0) is 6.42 Å². The Labute approximate surface area is 157 Å². The first-order chi connectivity index (χ1) is 13.3. The number of benzene rings is 2. The number of aryl methyl sites for hydroxylation is 1. The summed E-state index contributed by atoms with van der Waals surface area (Å²) in [6.45, 7) is 2.80. The summed E-state index contributed by atoms with van der Waals surface area (Å²) in [5.41, 5.74) is 4.62. The van der Waals surface area contributed by atoms with Crippen molar-refractivity contribution in [1.82, 2.24) is 19.9 Å². The third kappa shape index (κ3) is 4.17. The number of rotatable bonds is 6. The van der Waals surface area contributed by atoms with E-state index in [4.69, 9.17) is 0 Å². The molecule has 4 rings (SSSR count). The fraction of sp³-hybridized carbons (Fsp3) is 0.143. The highest BCUT2D eigenvalue weighted by atomic mass is 15.2. The van der Waals surface area contributed by atoms with E-state index in [2.05, 4.69) is 61.8 Å². The lowest BCUT2D eigenvalue weighted by atomic mass is 10.1. The average molecular weight is 356 g/mol. The molecule has 0 fully saturated rings. The second kappa shape index (κ2) is 7.78. The van der Waals surface area contributed by atoms with Crippen LogP contribution in [0, 0.1) is 6.92 Å². The van der Waals surface area contributed by atoms with Crippen LogP contribution in [-0.4, -0.2) is 26.5 Å². The van der Waals surface area contributed by atoms with E-state index in [0.29, 0.717) is 22.9 Å². The Morgan fingerprint density at radius 3 is 2.44 bits per heavy atom. The lowest BCUT2D eigenvalue weighted by Gasteiger charge is -2.11. The van der Waals surface area contributed by atoms with E-state index in [-0.39, 0.29) is 0 Å². The SMILES string of the molecule is Cc1ccc(Nc2nc(NCCc3ccccc3)nc3nccnc23)cc1. The van der Waals surface area contributed by atoms with Crippen molar-refractivity contribution in [1.29, 1.82) is 0 Å². The van der Waals surface area contributed by atoms with Crippen LogP contribution in [0.2, 0.25) is 0 Å². The van der Waals surface area contributed by atoms with E-state index >= 15 is 0 Å². The predicted octanol–water partition coefficient (Wildman–Crippen LogP) is 4.13. The minimum atomic E-state index is 0.536. The van der Waals surface area contributed by atoms with Gasteiger partial charge >= 0.3 is 0 Å². The van der Waals surface area contributed by atoms with Gasteiger partial charge in [-0.1, -0.05) is 48.0 Å². The van der Waals surface area contributed by atoms with Crippen LogP contribution >= 0.6 is 0 Å². The Morgan fingerprint density at radius 1 is 0.852 bits per heavy atom. The van der Waals surface area contributed by atoms with Crippen molar-refractivity contribution in [3.05, 3.63) is 78.1 Å². The molecule has 0 amide bonds. The topological polar surface area (TPSA) is 75.6 Å². The monoisotopic (exact) mass is 356 g/mol. The molecule has 0 saturated carbocycles. The van der Waals surface area contributed by atoms with Gasteiger partial charge in [0.1, 0.15) is 0 Å². The van der Waals surface area contributed by atoms with Crippen molar-refractivity contribution in [2.45, 2.75) is 13.3 Å². The van der Waals surface area contributed by atoms with Gasteiger partial charge in [0.25, 0.3) is 0 Å². The molecule has 0 atom stereocenters. The second-order valence-electron chi connectivity index (χ2n) is 6.28. The molecule has 0 spiro atoms. The molecule has 0 unspecified atom stereocenters. The van der Waals surface area contributed by atoms with E-state index in [9.17, 15) is 0 Å². The van der Waals surface area contributed by atoms with Crippen molar-refractivity contribution < 1.29 is 0 Å². The van der Waals surface area contributed by atoms with Gasteiger partial charge in [-0.05, 0) is 31.0 Å². The first-order valence-corrected chi connectivity index (χ1v) is 8.88. The summed E-state index contributed by atoms with van der Waals surface area (Å²) in [6.07, 6.45) is 4.18. The maximum atomic E-state index is 4.61. The quantitative estimate of drug-likeness (QED) is 0.541. The smallest absolute Gasteiger partial charge is 0.226 e. The second-order valence-corrected chi connectivity index (χ2v) is 6.28. The van der Waals surface area contributed by atoms with Crippen LogP contribution in [0.1, 0.15) is 11.1 Å². The van der Waals surface area contributed by atoms with Crippen molar-refractivity contribution in [3.8, 4) is 0 Å². The zero-order chi connectivity index (χ0) is 18.5. The van der Waals surface area contributed by atoms with Gasteiger partial charge in [-0.3, -0.25) is 0 Å². The summed E-state index contributed by atoms with van der Waals surface area (Å²) in [5.74, 6) is 1.17. The van der Waals surface area contributed by atoms with E-state index in [1.54, 1.807) is 12.4 Å². The highest BCUT2D eigenvalue weighted by Gasteiger charge is 2.10. The molecule has 2 aromatic carbocycles. The Kier molecular flexibility index (Phi) is 4.87. The fourth-order valence-electron chi connectivity index (χ4n) is 2.77. The summed E-state index contributed by atoms with van der Waals surface area (Å²) >= 11 is 0. The molecule has 27 heavy (non-hydrogen) atoms. The van der Waals surface area contributed by atoms with Crippen molar-refractivity contribution in [2.75, 3.05) is 17.2 Å². The zero-order valence-electron chi connectivity index (χ0n) is 15.1. The van der Waals surface area contributed by atoms with E-state index < -0.39 is 0 Å².